The van der Waals surface area contributed by atoms with Gasteiger partial charge in [-0.05, 0) is 12.1 Å². The topological polar surface area (TPSA) is 20.2 Å². The average molecular weight is 205 g/mol. The Morgan fingerprint density at radius 2 is 2.08 bits per heavy atom. The molecule has 0 saturated heterocycles. The molecule has 0 spiro atoms. The quantitative estimate of drug-likeness (QED) is 0.580. The molecule has 1 nitrogen and oxygen atoms in total. The Morgan fingerprint density at radius 1 is 1.46 bits per heavy atom. The minimum atomic E-state index is -1.38. The first-order valence-electron chi connectivity index (χ1n) is 3.52. The van der Waals surface area contributed by atoms with Crippen molar-refractivity contribution in [1.29, 1.82) is 0 Å². The molecule has 13 heavy (non-hydrogen) atoms. The van der Waals surface area contributed by atoms with Gasteiger partial charge in [0.25, 0.3) is 0 Å². The summed E-state index contributed by atoms with van der Waals surface area (Å²) in [5.74, 6) is -1.79. The van der Waals surface area contributed by atoms with Gasteiger partial charge in [-0.3, -0.25) is 0 Å². The van der Waals surface area contributed by atoms with Crippen LogP contribution in [0.2, 0.25) is 5.02 Å². The van der Waals surface area contributed by atoms with Gasteiger partial charge in [0.15, 0.2) is 5.82 Å². The minimum Gasteiger partial charge on any atom is -0.384 e. The summed E-state index contributed by atoms with van der Waals surface area (Å²) in [6.45, 7) is 3.22. The molecule has 0 aromatic heterocycles. The highest BCUT2D eigenvalue weighted by Gasteiger charge is 2.17. The van der Waals surface area contributed by atoms with Crippen LogP contribution in [0.5, 0.6) is 0 Å². The Labute approximate surface area is 79.3 Å². The molecule has 1 rings (SSSR count). The Bertz CT molecular complexity index is 339. The summed E-state index contributed by atoms with van der Waals surface area (Å²) in [6, 6.07) is 2.08. The van der Waals surface area contributed by atoms with Gasteiger partial charge in [0, 0.05) is 0 Å². The largest absolute Gasteiger partial charge is 0.384 e. The first kappa shape index (κ1) is 10.2. The highest BCUT2D eigenvalue weighted by atomic mass is 35.5. The molecule has 4 heteroatoms. The zero-order valence-electron chi connectivity index (χ0n) is 6.60. The van der Waals surface area contributed by atoms with E-state index in [0.29, 0.717) is 0 Å². The first-order valence-corrected chi connectivity index (χ1v) is 3.89. The highest BCUT2D eigenvalue weighted by molar-refractivity contribution is 6.30. The molecule has 0 fully saturated rings. The first-order chi connectivity index (χ1) is 6.07. The van der Waals surface area contributed by atoms with E-state index in [1.165, 1.54) is 0 Å². The molecule has 0 aliphatic heterocycles. The summed E-state index contributed by atoms with van der Waals surface area (Å²) < 4.78 is 26.1. The molecule has 0 aliphatic carbocycles. The van der Waals surface area contributed by atoms with Crippen LogP contribution in [-0.4, -0.2) is 5.11 Å². The maximum Gasteiger partial charge on any atom is 0.150 e. The number of aliphatic hydroxyl groups excluding tert-OH is 1. The van der Waals surface area contributed by atoms with Crippen molar-refractivity contribution in [3.63, 3.8) is 0 Å². The van der Waals surface area contributed by atoms with Crippen LogP contribution in [0.15, 0.2) is 24.8 Å². The van der Waals surface area contributed by atoms with E-state index in [1.54, 1.807) is 0 Å². The van der Waals surface area contributed by atoms with Gasteiger partial charge < -0.3 is 5.11 Å². The lowest BCUT2D eigenvalue weighted by Gasteiger charge is -2.08. The van der Waals surface area contributed by atoms with Crippen molar-refractivity contribution in [3.05, 3.63) is 47.0 Å². The Hall–Kier alpha value is -0.930. The van der Waals surface area contributed by atoms with Crippen molar-refractivity contribution in [3.8, 4) is 0 Å². The number of rotatable bonds is 2. The standard InChI is InChI=1S/C9H7ClF2O/c1-2-7(13)8-6(11)4-3-5(10)9(8)12/h2-4,7,13H,1H2. The summed E-state index contributed by atoms with van der Waals surface area (Å²) in [5, 5.41) is 8.93. The van der Waals surface area contributed by atoms with E-state index in [2.05, 4.69) is 6.58 Å². The molecular formula is C9H7ClF2O. The van der Waals surface area contributed by atoms with E-state index in [0.717, 1.165) is 18.2 Å². The summed E-state index contributed by atoms with van der Waals surface area (Å²) in [4.78, 5) is 0. The summed E-state index contributed by atoms with van der Waals surface area (Å²) >= 11 is 5.40. The normalized spacial score (nSPS) is 12.6. The minimum absolute atomic E-state index is 0.225. The van der Waals surface area contributed by atoms with Crippen molar-refractivity contribution in [2.45, 2.75) is 6.10 Å². The maximum absolute atomic E-state index is 13.1. The zero-order valence-corrected chi connectivity index (χ0v) is 7.35. The van der Waals surface area contributed by atoms with Crippen LogP contribution in [0.25, 0.3) is 0 Å². The molecule has 0 radical (unpaired) electrons. The molecule has 1 aromatic rings. The molecule has 0 aliphatic rings. The van der Waals surface area contributed by atoms with Gasteiger partial charge in [0.2, 0.25) is 0 Å². The van der Waals surface area contributed by atoms with Crippen molar-refractivity contribution < 1.29 is 13.9 Å². The van der Waals surface area contributed by atoms with Crippen molar-refractivity contribution in [1.82, 2.24) is 0 Å². The SMILES string of the molecule is C=CC(O)c1c(F)ccc(Cl)c1F. The molecule has 1 aromatic carbocycles. The number of halogens is 3. The number of hydrogen-bond donors (Lipinski definition) is 1. The summed E-state index contributed by atoms with van der Waals surface area (Å²) in [6.07, 6.45) is -0.351. The van der Waals surface area contributed by atoms with Gasteiger partial charge in [0.1, 0.15) is 11.9 Å². The second-order valence-corrected chi connectivity index (χ2v) is 2.84. The van der Waals surface area contributed by atoms with E-state index in [4.69, 9.17) is 16.7 Å². The van der Waals surface area contributed by atoms with Gasteiger partial charge >= 0.3 is 0 Å². The molecule has 1 N–H and O–H groups in total. The monoisotopic (exact) mass is 204 g/mol. The second-order valence-electron chi connectivity index (χ2n) is 2.44. The molecule has 0 saturated carbocycles. The lowest BCUT2D eigenvalue weighted by atomic mass is 10.1. The van der Waals surface area contributed by atoms with Crippen molar-refractivity contribution in [2.24, 2.45) is 0 Å². The fourth-order valence-corrected chi connectivity index (χ4v) is 1.10. The second kappa shape index (κ2) is 3.85. The molecule has 0 heterocycles. The highest BCUT2D eigenvalue weighted by Crippen LogP contribution is 2.26. The Balaban J connectivity index is 3.32. The fraction of sp³-hybridized carbons (Fsp3) is 0.111. The molecule has 0 bridgehead atoms. The van der Waals surface area contributed by atoms with Crippen LogP contribution in [0, 0.1) is 11.6 Å². The Morgan fingerprint density at radius 3 is 2.62 bits per heavy atom. The van der Waals surface area contributed by atoms with E-state index in [1.807, 2.05) is 0 Å². The third-order valence-corrected chi connectivity index (χ3v) is 1.89. The van der Waals surface area contributed by atoms with Gasteiger partial charge in [0.05, 0.1) is 10.6 Å². The van der Waals surface area contributed by atoms with Gasteiger partial charge in [-0.25, -0.2) is 8.78 Å². The van der Waals surface area contributed by atoms with Crippen LogP contribution in [-0.2, 0) is 0 Å². The number of benzene rings is 1. The predicted octanol–water partition coefficient (Wildman–Crippen LogP) is 2.84. The third-order valence-electron chi connectivity index (χ3n) is 1.60. The zero-order chi connectivity index (χ0) is 10.0. The third kappa shape index (κ3) is 1.87. The lowest BCUT2D eigenvalue weighted by molar-refractivity contribution is 0.217. The molecule has 1 unspecified atom stereocenters. The van der Waals surface area contributed by atoms with Crippen LogP contribution in [0.4, 0.5) is 8.78 Å². The van der Waals surface area contributed by atoms with Crippen LogP contribution < -0.4 is 0 Å². The van der Waals surface area contributed by atoms with Crippen LogP contribution in [0.1, 0.15) is 11.7 Å². The van der Waals surface area contributed by atoms with Gasteiger partial charge in [-0.15, -0.1) is 6.58 Å². The molecule has 70 valence electrons. The molecule has 1 atom stereocenters. The fourth-order valence-electron chi connectivity index (χ4n) is 0.932. The van der Waals surface area contributed by atoms with Crippen LogP contribution >= 0.6 is 11.6 Å². The van der Waals surface area contributed by atoms with Gasteiger partial charge in [-0.2, -0.15) is 0 Å². The Kier molecular flexibility index (Phi) is 3.01. The van der Waals surface area contributed by atoms with Crippen molar-refractivity contribution in [2.75, 3.05) is 0 Å². The van der Waals surface area contributed by atoms with E-state index < -0.39 is 23.3 Å². The number of aliphatic hydroxyl groups is 1. The lowest BCUT2D eigenvalue weighted by Crippen LogP contribution is -2.01. The summed E-state index contributed by atoms with van der Waals surface area (Å²) in [7, 11) is 0. The van der Waals surface area contributed by atoms with E-state index >= 15 is 0 Å². The van der Waals surface area contributed by atoms with Gasteiger partial charge in [-0.1, -0.05) is 17.7 Å². The number of hydrogen-bond acceptors (Lipinski definition) is 1. The van der Waals surface area contributed by atoms with Crippen LogP contribution in [0.3, 0.4) is 0 Å². The predicted molar refractivity (Wildman–Crippen MR) is 46.5 cm³/mol. The van der Waals surface area contributed by atoms with E-state index in [-0.39, 0.29) is 5.02 Å². The smallest absolute Gasteiger partial charge is 0.150 e. The molecular weight excluding hydrogens is 198 g/mol. The van der Waals surface area contributed by atoms with E-state index in [9.17, 15) is 8.78 Å². The van der Waals surface area contributed by atoms with Crippen molar-refractivity contribution >= 4 is 11.6 Å². The average Bonchev–Trinajstić information content (AvgIpc) is 2.12. The molecule has 0 amide bonds. The summed E-state index contributed by atoms with van der Waals surface area (Å²) in [5.41, 5.74) is -0.470. The maximum atomic E-state index is 13.1.